The van der Waals surface area contributed by atoms with Gasteiger partial charge in [-0.25, -0.2) is 0 Å². The quantitative estimate of drug-likeness (QED) is 0.826. The van der Waals surface area contributed by atoms with Crippen molar-refractivity contribution in [3.8, 4) is 5.75 Å². The van der Waals surface area contributed by atoms with Gasteiger partial charge in [0.2, 0.25) is 0 Å². The molecule has 3 atom stereocenters. The molecule has 90 valence electrons. The summed E-state index contributed by atoms with van der Waals surface area (Å²) in [6, 6.07) is 7.49. The number of phenolic OH excluding ortho intramolecular Hbond substituents is 1. The molecule has 0 aliphatic heterocycles. The third-order valence-electron chi connectivity index (χ3n) is 2.42. The monoisotopic (exact) mass is 241 g/mol. The van der Waals surface area contributed by atoms with E-state index in [0.29, 0.717) is 11.5 Å². The number of hydrogen-bond acceptors (Lipinski definition) is 3. The van der Waals surface area contributed by atoms with Gasteiger partial charge in [-0.05, 0) is 19.9 Å². The van der Waals surface area contributed by atoms with Gasteiger partial charge in [-0.3, -0.25) is 4.21 Å². The average molecular weight is 241 g/mol. The first-order chi connectivity index (χ1) is 7.50. The minimum absolute atomic E-state index is 0.0553. The first-order valence-electron chi connectivity index (χ1n) is 5.34. The molecular formula is C12H19NO2S. The normalized spacial score (nSPS) is 16.7. The highest BCUT2D eigenvalue weighted by Crippen LogP contribution is 2.23. The van der Waals surface area contributed by atoms with Crippen molar-refractivity contribution < 1.29 is 9.32 Å². The highest BCUT2D eigenvalue weighted by molar-refractivity contribution is 7.84. The van der Waals surface area contributed by atoms with Gasteiger partial charge < -0.3 is 10.4 Å². The molecule has 0 radical (unpaired) electrons. The molecule has 0 bridgehead atoms. The van der Waals surface area contributed by atoms with Crippen molar-refractivity contribution in [1.29, 1.82) is 0 Å². The van der Waals surface area contributed by atoms with E-state index in [2.05, 4.69) is 5.32 Å². The Hall–Kier alpha value is -0.870. The second kappa shape index (κ2) is 6.01. The van der Waals surface area contributed by atoms with Gasteiger partial charge in [-0.1, -0.05) is 18.2 Å². The summed E-state index contributed by atoms with van der Waals surface area (Å²) in [5.74, 6) is 0.921. The van der Waals surface area contributed by atoms with E-state index in [1.165, 1.54) is 0 Å². The standard InChI is InChI=1S/C12H19NO2S/c1-9(8-16(3)15)13-10(2)11-6-4-5-7-12(11)14/h4-7,9-10,13-14H,8H2,1-3H3. The SMILES string of the molecule is CC(CS(C)=O)NC(C)c1ccccc1O. The van der Waals surface area contributed by atoms with Crippen LogP contribution in [0.25, 0.3) is 0 Å². The van der Waals surface area contributed by atoms with Gasteiger partial charge in [0.1, 0.15) is 5.75 Å². The molecule has 3 unspecified atom stereocenters. The van der Waals surface area contributed by atoms with Gasteiger partial charge in [-0.15, -0.1) is 0 Å². The third-order valence-corrected chi connectivity index (χ3v) is 3.39. The third kappa shape index (κ3) is 3.94. The molecule has 3 nitrogen and oxygen atoms in total. The second-order valence-corrected chi connectivity index (χ2v) is 5.57. The van der Waals surface area contributed by atoms with E-state index in [1.54, 1.807) is 18.4 Å². The van der Waals surface area contributed by atoms with E-state index in [4.69, 9.17) is 0 Å². The van der Waals surface area contributed by atoms with Crippen molar-refractivity contribution in [1.82, 2.24) is 5.32 Å². The van der Waals surface area contributed by atoms with E-state index < -0.39 is 10.8 Å². The van der Waals surface area contributed by atoms with E-state index in [-0.39, 0.29) is 12.1 Å². The number of benzene rings is 1. The summed E-state index contributed by atoms with van der Waals surface area (Å²) in [5.41, 5.74) is 0.872. The fraction of sp³-hybridized carbons (Fsp3) is 0.500. The van der Waals surface area contributed by atoms with Crippen LogP contribution in [0.15, 0.2) is 24.3 Å². The molecule has 1 aromatic carbocycles. The minimum atomic E-state index is -0.799. The number of aromatic hydroxyl groups is 1. The van der Waals surface area contributed by atoms with Gasteiger partial charge in [0.15, 0.2) is 0 Å². The van der Waals surface area contributed by atoms with Crippen molar-refractivity contribution in [2.24, 2.45) is 0 Å². The Kier molecular flexibility index (Phi) is 4.96. The molecule has 4 heteroatoms. The molecule has 16 heavy (non-hydrogen) atoms. The zero-order chi connectivity index (χ0) is 12.1. The van der Waals surface area contributed by atoms with Crippen LogP contribution in [-0.2, 0) is 10.8 Å². The maximum absolute atomic E-state index is 11.1. The van der Waals surface area contributed by atoms with Crippen molar-refractivity contribution >= 4 is 10.8 Å². The molecule has 2 N–H and O–H groups in total. The number of para-hydroxylation sites is 1. The Balaban J connectivity index is 2.62. The van der Waals surface area contributed by atoms with Crippen LogP contribution in [0.2, 0.25) is 0 Å². The molecule has 0 aliphatic carbocycles. The van der Waals surface area contributed by atoms with Crippen LogP contribution >= 0.6 is 0 Å². The summed E-state index contributed by atoms with van der Waals surface area (Å²) < 4.78 is 11.1. The fourth-order valence-electron chi connectivity index (χ4n) is 1.77. The van der Waals surface area contributed by atoms with E-state index in [0.717, 1.165) is 5.56 Å². The largest absolute Gasteiger partial charge is 0.508 e. The van der Waals surface area contributed by atoms with Gasteiger partial charge in [0.25, 0.3) is 0 Å². The Morgan fingerprint density at radius 1 is 1.38 bits per heavy atom. The highest BCUT2D eigenvalue weighted by atomic mass is 32.2. The lowest BCUT2D eigenvalue weighted by Crippen LogP contribution is -2.33. The zero-order valence-electron chi connectivity index (χ0n) is 9.93. The second-order valence-electron chi connectivity index (χ2n) is 4.09. The molecule has 1 rings (SSSR count). The predicted octanol–water partition coefficient (Wildman–Crippen LogP) is 1.81. The Bertz CT molecular complexity index is 368. The van der Waals surface area contributed by atoms with E-state index in [9.17, 15) is 9.32 Å². The van der Waals surface area contributed by atoms with Crippen molar-refractivity contribution in [3.63, 3.8) is 0 Å². The van der Waals surface area contributed by atoms with Gasteiger partial charge in [0, 0.05) is 40.5 Å². The lowest BCUT2D eigenvalue weighted by molar-refractivity contribution is 0.442. The molecule has 0 fully saturated rings. The summed E-state index contributed by atoms with van der Waals surface area (Å²) in [6.45, 7) is 3.99. The Labute approximate surface area is 99.3 Å². The zero-order valence-corrected chi connectivity index (χ0v) is 10.8. The molecule has 0 amide bonds. The molecule has 0 saturated heterocycles. The average Bonchev–Trinajstić information content (AvgIpc) is 2.16. The van der Waals surface area contributed by atoms with Gasteiger partial charge in [0.05, 0.1) is 0 Å². The number of rotatable bonds is 5. The Morgan fingerprint density at radius 2 is 2.00 bits per heavy atom. The molecule has 0 spiro atoms. The molecule has 0 aromatic heterocycles. The molecule has 1 aromatic rings. The van der Waals surface area contributed by atoms with Crippen LogP contribution in [0.3, 0.4) is 0 Å². The van der Waals surface area contributed by atoms with Crippen molar-refractivity contribution in [2.45, 2.75) is 25.9 Å². The summed E-state index contributed by atoms with van der Waals surface area (Å²) in [4.78, 5) is 0. The van der Waals surface area contributed by atoms with Crippen molar-refractivity contribution in [2.75, 3.05) is 12.0 Å². The molecular weight excluding hydrogens is 222 g/mol. The first kappa shape index (κ1) is 13.2. The fourth-order valence-corrected chi connectivity index (χ4v) is 2.57. The van der Waals surface area contributed by atoms with Crippen LogP contribution in [0, 0.1) is 0 Å². The number of phenols is 1. The highest BCUT2D eigenvalue weighted by Gasteiger charge is 2.12. The van der Waals surface area contributed by atoms with Gasteiger partial charge in [-0.2, -0.15) is 0 Å². The van der Waals surface area contributed by atoms with E-state index >= 15 is 0 Å². The van der Waals surface area contributed by atoms with Crippen LogP contribution < -0.4 is 5.32 Å². The predicted molar refractivity (Wildman–Crippen MR) is 68.1 cm³/mol. The molecule has 0 aliphatic rings. The topological polar surface area (TPSA) is 49.3 Å². The minimum Gasteiger partial charge on any atom is -0.508 e. The van der Waals surface area contributed by atoms with Crippen molar-refractivity contribution in [3.05, 3.63) is 29.8 Å². The molecule has 0 saturated carbocycles. The van der Waals surface area contributed by atoms with Crippen LogP contribution in [0.1, 0.15) is 25.5 Å². The van der Waals surface area contributed by atoms with Crippen LogP contribution in [-0.4, -0.2) is 27.4 Å². The smallest absolute Gasteiger partial charge is 0.120 e. The van der Waals surface area contributed by atoms with Crippen LogP contribution in [0.4, 0.5) is 0 Å². The number of hydrogen-bond donors (Lipinski definition) is 2. The molecule has 0 heterocycles. The summed E-state index contributed by atoms with van der Waals surface area (Å²) in [6.07, 6.45) is 1.70. The maximum Gasteiger partial charge on any atom is 0.120 e. The summed E-state index contributed by atoms with van der Waals surface area (Å²) in [5, 5.41) is 13.0. The lowest BCUT2D eigenvalue weighted by atomic mass is 10.1. The summed E-state index contributed by atoms with van der Waals surface area (Å²) in [7, 11) is -0.799. The van der Waals surface area contributed by atoms with E-state index in [1.807, 2.05) is 26.0 Å². The first-order valence-corrected chi connectivity index (χ1v) is 7.07. The lowest BCUT2D eigenvalue weighted by Gasteiger charge is -2.20. The van der Waals surface area contributed by atoms with Gasteiger partial charge >= 0.3 is 0 Å². The Morgan fingerprint density at radius 3 is 2.56 bits per heavy atom. The summed E-state index contributed by atoms with van der Waals surface area (Å²) >= 11 is 0. The maximum atomic E-state index is 11.1. The van der Waals surface area contributed by atoms with Crippen LogP contribution in [0.5, 0.6) is 5.75 Å². The number of nitrogens with one attached hydrogen (secondary N) is 1.